The number of thioether (sulfide) groups is 1. The zero-order valence-corrected chi connectivity index (χ0v) is 15.8. The highest BCUT2D eigenvalue weighted by Gasteiger charge is 2.32. The first-order chi connectivity index (χ1) is 12.4. The molecule has 1 atom stereocenters. The van der Waals surface area contributed by atoms with Crippen molar-refractivity contribution in [3.05, 3.63) is 59.2 Å². The van der Waals surface area contributed by atoms with Crippen molar-refractivity contribution < 1.29 is 9.59 Å². The molecule has 26 heavy (non-hydrogen) atoms. The minimum absolute atomic E-state index is 0.107. The lowest BCUT2D eigenvalue weighted by molar-refractivity contribution is -0.122. The molecule has 5 nitrogen and oxygen atoms in total. The zero-order valence-electron chi connectivity index (χ0n) is 15.0. The van der Waals surface area contributed by atoms with Gasteiger partial charge < -0.3 is 10.6 Å². The maximum Gasteiger partial charge on any atom is 0.240 e. The molecule has 134 valence electrons. The van der Waals surface area contributed by atoms with Crippen LogP contribution in [-0.4, -0.2) is 22.2 Å². The highest BCUT2D eigenvalue weighted by Crippen LogP contribution is 2.26. The third-order valence-corrected chi connectivity index (χ3v) is 5.29. The summed E-state index contributed by atoms with van der Waals surface area (Å²) < 4.78 is 0. The number of rotatable bonds is 4. The van der Waals surface area contributed by atoms with Crippen LogP contribution in [0.2, 0.25) is 0 Å². The maximum atomic E-state index is 12.2. The van der Waals surface area contributed by atoms with Gasteiger partial charge in [-0.2, -0.15) is 0 Å². The lowest BCUT2D eigenvalue weighted by atomic mass is 10.1. The zero-order chi connectivity index (χ0) is 18.7. The average molecular weight is 367 g/mol. The number of nitrogens with zero attached hydrogens (tertiary/aromatic N) is 1. The molecule has 1 saturated heterocycles. The summed E-state index contributed by atoms with van der Waals surface area (Å²) in [5.74, 6) is -0.370. The van der Waals surface area contributed by atoms with Crippen molar-refractivity contribution in [2.24, 2.45) is 4.99 Å². The second kappa shape index (κ2) is 7.74. The average Bonchev–Trinajstić information content (AvgIpc) is 2.92. The molecule has 1 aliphatic heterocycles. The normalized spacial score (nSPS) is 18.0. The predicted molar refractivity (Wildman–Crippen MR) is 107 cm³/mol. The molecule has 0 bridgehead atoms. The molecule has 6 heteroatoms. The van der Waals surface area contributed by atoms with Crippen molar-refractivity contribution in [3.63, 3.8) is 0 Å². The molecule has 3 rings (SSSR count). The maximum absolute atomic E-state index is 12.2. The van der Waals surface area contributed by atoms with E-state index in [0.717, 1.165) is 22.5 Å². The van der Waals surface area contributed by atoms with E-state index >= 15 is 0 Å². The van der Waals surface area contributed by atoms with Gasteiger partial charge in [-0.05, 0) is 56.2 Å². The molecule has 0 spiro atoms. The smallest absolute Gasteiger partial charge is 0.240 e. The van der Waals surface area contributed by atoms with Crippen LogP contribution in [0, 0.1) is 20.8 Å². The highest BCUT2D eigenvalue weighted by molar-refractivity contribution is 8.15. The van der Waals surface area contributed by atoms with Gasteiger partial charge in [0.1, 0.15) is 5.25 Å². The van der Waals surface area contributed by atoms with Crippen molar-refractivity contribution in [2.45, 2.75) is 32.4 Å². The summed E-state index contributed by atoms with van der Waals surface area (Å²) in [4.78, 5) is 28.8. The van der Waals surface area contributed by atoms with E-state index in [1.54, 1.807) is 0 Å². The molecular formula is C20H21N3O2S. The van der Waals surface area contributed by atoms with Gasteiger partial charge in [-0.1, -0.05) is 35.5 Å². The Bertz CT molecular complexity index is 875. The van der Waals surface area contributed by atoms with Crippen LogP contribution in [0.1, 0.15) is 23.1 Å². The summed E-state index contributed by atoms with van der Waals surface area (Å²) in [6.07, 6.45) is 0.107. The number of amides is 2. The van der Waals surface area contributed by atoms with Crippen LogP contribution >= 0.6 is 11.8 Å². The lowest BCUT2D eigenvalue weighted by Gasteiger charge is -2.07. The van der Waals surface area contributed by atoms with E-state index in [1.165, 1.54) is 17.3 Å². The Balaban J connectivity index is 1.62. The van der Waals surface area contributed by atoms with Gasteiger partial charge in [0.25, 0.3) is 0 Å². The largest absolute Gasteiger partial charge is 0.326 e. The van der Waals surface area contributed by atoms with E-state index in [1.807, 2.05) is 63.2 Å². The molecule has 1 fully saturated rings. The Kier molecular flexibility index (Phi) is 5.42. The first-order valence-corrected chi connectivity index (χ1v) is 9.28. The van der Waals surface area contributed by atoms with E-state index in [-0.39, 0.29) is 18.2 Å². The summed E-state index contributed by atoms with van der Waals surface area (Å²) in [7, 11) is 0. The second-order valence-corrected chi connectivity index (χ2v) is 7.59. The molecular weight excluding hydrogens is 346 g/mol. The monoisotopic (exact) mass is 367 g/mol. The number of carbonyl (C=O) groups excluding carboxylic acids is 2. The molecule has 0 radical (unpaired) electrons. The minimum Gasteiger partial charge on any atom is -0.326 e. The molecule has 0 unspecified atom stereocenters. The number of hydrogen-bond donors (Lipinski definition) is 2. The molecule has 1 aliphatic rings. The van der Waals surface area contributed by atoms with Crippen LogP contribution in [0.3, 0.4) is 0 Å². The van der Waals surface area contributed by atoms with Crippen molar-refractivity contribution in [1.29, 1.82) is 0 Å². The summed E-state index contributed by atoms with van der Waals surface area (Å²) in [5.41, 5.74) is 4.99. The second-order valence-electron chi connectivity index (χ2n) is 6.40. The highest BCUT2D eigenvalue weighted by atomic mass is 32.2. The van der Waals surface area contributed by atoms with Crippen LogP contribution in [0.5, 0.6) is 0 Å². The molecule has 2 amide bonds. The van der Waals surface area contributed by atoms with Gasteiger partial charge >= 0.3 is 0 Å². The number of carbonyl (C=O) groups is 2. The van der Waals surface area contributed by atoms with E-state index in [4.69, 9.17) is 0 Å². The van der Waals surface area contributed by atoms with Gasteiger partial charge in [0, 0.05) is 12.1 Å². The van der Waals surface area contributed by atoms with Gasteiger partial charge in [-0.15, -0.1) is 0 Å². The molecule has 0 saturated carbocycles. The summed E-state index contributed by atoms with van der Waals surface area (Å²) in [6.45, 7) is 6.06. The van der Waals surface area contributed by atoms with Gasteiger partial charge in [-0.3, -0.25) is 9.59 Å². The van der Waals surface area contributed by atoms with Crippen LogP contribution < -0.4 is 10.6 Å². The van der Waals surface area contributed by atoms with Gasteiger partial charge in [0.15, 0.2) is 5.17 Å². The number of anilines is 1. The minimum atomic E-state index is -0.467. The van der Waals surface area contributed by atoms with Crippen molar-refractivity contribution in [1.82, 2.24) is 5.32 Å². The lowest BCUT2D eigenvalue weighted by Crippen LogP contribution is -2.28. The van der Waals surface area contributed by atoms with E-state index in [2.05, 4.69) is 15.6 Å². The Morgan fingerprint density at radius 3 is 2.54 bits per heavy atom. The van der Waals surface area contributed by atoms with Crippen molar-refractivity contribution >= 4 is 40.1 Å². The van der Waals surface area contributed by atoms with Crippen LogP contribution in [0.4, 0.5) is 11.4 Å². The quantitative estimate of drug-likeness (QED) is 0.862. The Labute approximate surface area is 157 Å². The summed E-state index contributed by atoms with van der Waals surface area (Å²) >= 11 is 1.29. The third-order valence-electron chi connectivity index (χ3n) is 4.20. The molecule has 2 aromatic rings. The molecule has 2 aromatic carbocycles. The number of amidine groups is 1. The number of hydrogen-bond acceptors (Lipinski definition) is 4. The summed E-state index contributed by atoms with van der Waals surface area (Å²) in [5, 5.41) is 5.65. The van der Waals surface area contributed by atoms with Crippen molar-refractivity contribution in [2.75, 3.05) is 5.32 Å². The molecule has 2 N–H and O–H groups in total. The fraction of sp³-hybridized carbons (Fsp3) is 0.250. The summed E-state index contributed by atoms with van der Waals surface area (Å²) in [6, 6.07) is 13.5. The van der Waals surface area contributed by atoms with E-state index in [0.29, 0.717) is 5.17 Å². The Morgan fingerprint density at radius 2 is 1.85 bits per heavy atom. The standard InChI is InChI=1S/C20H21N3O2S/c1-12-4-7-15(8-5-12)21-18(24)11-17-19(25)23-20(26-17)22-16-9-6-13(2)14(3)10-16/h4-10,17H,11H2,1-3H3,(H,21,24)(H,22,23,25)/t17-/m1/s1. The van der Waals surface area contributed by atoms with E-state index < -0.39 is 5.25 Å². The molecule has 0 aliphatic carbocycles. The predicted octanol–water partition coefficient (Wildman–Crippen LogP) is 3.86. The Morgan fingerprint density at radius 1 is 1.12 bits per heavy atom. The fourth-order valence-corrected chi connectivity index (χ4v) is 3.51. The number of nitrogens with one attached hydrogen (secondary N) is 2. The van der Waals surface area contributed by atoms with Crippen LogP contribution in [0.25, 0.3) is 0 Å². The van der Waals surface area contributed by atoms with Crippen molar-refractivity contribution in [3.8, 4) is 0 Å². The van der Waals surface area contributed by atoms with Crippen LogP contribution in [-0.2, 0) is 9.59 Å². The van der Waals surface area contributed by atoms with Crippen LogP contribution in [0.15, 0.2) is 47.5 Å². The van der Waals surface area contributed by atoms with E-state index in [9.17, 15) is 9.59 Å². The van der Waals surface area contributed by atoms with Gasteiger partial charge in [-0.25, -0.2) is 4.99 Å². The number of aryl methyl sites for hydroxylation is 3. The Hall–Kier alpha value is -2.60. The SMILES string of the molecule is Cc1ccc(NC(=O)C[C@H]2SC(=Nc3ccc(C)c(C)c3)NC2=O)cc1. The van der Waals surface area contributed by atoms with Gasteiger partial charge in [0.05, 0.1) is 5.69 Å². The topological polar surface area (TPSA) is 70.6 Å². The number of aliphatic imine (C=N–C) groups is 1. The molecule has 1 heterocycles. The first kappa shape index (κ1) is 18.2. The first-order valence-electron chi connectivity index (χ1n) is 8.41. The fourth-order valence-electron chi connectivity index (χ4n) is 2.52. The number of benzene rings is 2. The molecule has 0 aromatic heterocycles. The van der Waals surface area contributed by atoms with Gasteiger partial charge in [0.2, 0.25) is 11.8 Å². The third kappa shape index (κ3) is 4.52.